The van der Waals surface area contributed by atoms with Crippen LogP contribution in [0.25, 0.3) is 0 Å². The zero-order chi connectivity index (χ0) is 10.1. The van der Waals surface area contributed by atoms with E-state index in [9.17, 15) is 8.42 Å². The standard InChI is InChI=1S/C7H12N2O3S/c1-4-9-6-5-8(2)7(9)12-13(3,10)11/h4-7H,1H2,2-3H3. The average Bonchev–Trinajstić information content (AvgIpc) is 2.30. The maximum Gasteiger partial charge on any atom is 0.267 e. The Morgan fingerprint density at radius 2 is 2.15 bits per heavy atom. The average molecular weight is 204 g/mol. The Morgan fingerprint density at radius 1 is 1.54 bits per heavy atom. The fourth-order valence-corrected chi connectivity index (χ4v) is 1.51. The molecule has 0 aromatic carbocycles. The molecule has 0 saturated carbocycles. The second-order valence-corrected chi connectivity index (χ2v) is 4.32. The topological polar surface area (TPSA) is 49.9 Å². The number of rotatable bonds is 3. The monoisotopic (exact) mass is 204 g/mol. The highest BCUT2D eigenvalue weighted by atomic mass is 32.2. The fourth-order valence-electron chi connectivity index (χ4n) is 0.965. The van der Waals surface area contributed by atoms with Gasteiger partial charge < -0.3 is 9.80 Å². The van der Waals surface area contributed by atoms with Crippen LogP contribution in [0, 0.1) is 0 Å². The fraction of sp³-hybridized carbons (Fsp3) is 0.429. The van der Waals surface area contributed by atoms with Gasteiger partial charge in [0, 0.05) is 25.6 Å². The molecule has 0 aromatic heterocycles. The van der Waals surface area contributed by atoms with E-state index in [0.29, 0.717) is 0 Å². The zero-order valence-corrected chi connectivity index (χ0v) is 8.36. The summed E-state index contributed by atoms with van der Waals surface area (Å²) in [4.78, 5) is 3.18. The Labute approximate surface area is 78.0 Å². The van der Waals surface area contributed by atoms with Crippen LogP contribution in [0.5, 0.6) is 0 Å². The summed E-state index contributed by atoms with van der Waals surface area (Å²) in [5.41, 5.74) is 0. The highest BCUT2D eigenvalue weighted by Gasteiger charge is 2.26. The van der Waals surface area contributed by atoms with Crippen molar-refractivity contribution < 1.29 is 12.6 Å². The lowest BCUT2D eigenvalue weighted by atomic mass is 10.7. The van der Waals surface area contributed by atoms with E-state index in [2.05, 4.69) is 6.58 Å². The minimum Gasteiger partial charge on any atom is -0.336 e. The Hall–Kier alpha value is -1.01. The van der Waals surface area contributed by atoms with Crippen LogP contribution in [0.2, 0.25) is 0 Å². The van der Waals surface area contributed by atoms with E-state index in [-0.39, 0.29) is 0 Å². The number of hydrogen-bond acceptors (Lipinski definition) is 5. The summed E-state index contributed by atoms with van der Waals surface area (Å²) in [7, 11) is -1.74. The summed E-state index contributed by atoms with van der Waals surface area (Å²) in [5.74, 6) is 0. The van der Waals surface area contributed by atoms with Crippen LogP contribution in [-0.4, -0.2) is 37.9 Å². The van der Waals surface area contributed by atoms with Gasteiger partial charge in [0.05, 0.1) is 6.26 Å². The zero-order valence-electron chi connectivity index (χ0n) is 7.54. The van der Waals surface area contributed by atoms with E-state index in [1.54, 1.807) is 29.2 Å². The second-order valence-electron chi connectivity index (χ2n) is 2.72. The van der Waals surface area contributed by atoms with E-state index in [1.165, 1.54) is 6.20 Å². The first-order chi connectivity index (χ1) is 5.94. The molecule has 0 amide bonds. The van der Waals surface area contributed by atoms with E-state index in [1.807, 2.05) is 0 Å². The van der Waals surface area contributed by atoms with Crippen molar-refractivity contribution in [2.24, 2.45) is 0 Å². The lowest BCUT2D eigenvalue weighted by Gasteiger charge is -2.25. The third-order valence-corrected chi connectivity index (χ3v) is 2.07. The van der Waals surface area contributed by atoms with E-state index < -0.39 is 16.5 Å². The smallest absolute Gasteiger partial charge is 0.267 e. The molecule has 5 nitrogen and oxygen atoms in total. The summed E-state index contributed by atoms with van der Waals surface area (Å²) < 4.78 is 26.5. The molecule has 1 rings (SSSR count). The first kappa shape index (κ1) is 10.1. The highest BCUT2D eigenvalue weighted by molar-refractivity contribution is 7.86. The molecule has 1 aliphatic rings. The van der Waals surface area contributed by atoms with Gasteiger partial charge in [0.2, 0.25) is 6.35 Å². The summed E-state index contributed by atoms with van der Waals surface area (Å²) in [6, 6.07) is 0. The van der Waals surface area contributed by atoms with Crippen LogP contribution in [-0.2, 0) is 14.3 Å². The number of hydrogen-bond donors (Lipinski definition) is 0. The molecule has 13 heavy (non-hydrogen) atoms. The molecule has 0 aromatic rings. The van der Waals surface area contributed by atoms with Crippen molar-refractivity contribution in [1.82, 2.24) is 9.80 Å². The third kappa shape index (κ3) is 2.46. The van der Waals surface area contributed by atoms with Crippen LogP contribution in [0.15, 0.2) is 25.2 Å². The first-order valence-corrected chi connectivity index (χ1v) is 5.44. The van der Waals surface area contributed by atoms with Gasteiger partial charge in [-0.2, -0.15) is 8.42 Å². The third-order valence-electron chi connectivity index (χ3n) is 1.55. The predicted octanol–water partition coefficient (Wildman–Crippen LogP) is 0.108. The van der Waals surface area contributed by atoms with Gasteiger partial charge in [-0.3, -0.25) is 0 Å². The van der Waals surface area contributed by atoms with Crippen molar-refractivity contribution in [3.63, 3.8) is 0 Å². The molecule has 0 spiro atoms. The Kier molecular flexibility index (Phi) is 2.63. The van der Waals surface area contributed by atoms with Crippen LogP contribution in [0.3, 0.4) is 0 Å². The second kappa shape index (κ2) is 3.39. The minimum atomic E-state index is -3.45. The molecule has 0 fully saturated rings. The molecule has 1 aliphatic heterocycles. The van der Waals surface area contributed by atoms with Crippen molar-refractivity contribution in [1.29, 1.82) is 0 Å². The lowest BCUT2D eigenvalue weighted by Crippen LogP contribution is -2.37. The molecular formula is C7H12N2O3S. The summed E-state index contributed by atoms with van der Waals surface area (Å²) in [6.45, 7) is 3.53. The Bertz CT molecular complexity index is 323. The Morgan fingerprint density at radius 3 is 2.62 bits per heavy atom. The van der Waals surface area contributed by atoms with Gasteiger partial charge in [0.15, 0.2) is 0 Å². The van der Waals surface area contributed by atoms with E-state index in [4.69, 9.17) is 4.18 Å². The molecule has 1 atom stereocenters. The van der Waals surface area contributed by atoms with Crippen LogP contribution in [0.1, 0.15) is 0 Å². The van der Waals surface area contributed by atoms with Crippen LogP contribution >= 0.6 is 0 Å². The van der Waals surface area contributed by atoms with Gasteiger partial charge in [-0.05, 0) is 0 Å². The molecule has 6 heteroatoms. The van der Waals surface area contributed by atoms with Gasteiger partial charge in [-0.25, -0.2) is 4.18 Å². The maximum atomic E-state index is 10.9. The Balaban J connectivity index is 2.74. The summed E-state index contributed by atoms with van der Waals surface area (Å²) >= 11 is 0. The van der Waals surface area contributed by atoms with Crippen LogP contribution in [0.4, 0.5) is 0 Å². The molecule has 0 radical (unpaired) electrons. The minimum absolute atomic E-state index is 0.646. The summed E-state index contributed by atoms with van der Waals surface area (Å²) in [6.07, 6.45) is 5.25. The van der Waals surface area contributed by atoms with Crippen molar-refractivity contribution in [2.45, 2.75) is 6.35 Å². The molecular weight excluding hydrogens is 192 g/mol. The van der Waals surface area contributed by atoms with E-state index >= 15 is 0 Å². The molecule has 0 aliphatic carbocycles. The molecule has 74 valence electrons. The van der Waals surface area contributed by atoms with Crippen LogP contribution < -0.4 is 0 Å². The quantitative estimate of drug-likeness (QED) is 0.611. The first-order valence-electron chi connectivity index (χ1n) is 3.62. The van der Waals surface area contributed by atoms with Crippen molar-refractivity contribution >= 4 is 10.1 Å². The normalized spacial score (nSPS) is 22.5. The van der Waals surface area contributed by atoms with Gasteiger partial charge in [0.1, 0.15) is 0 Å². The molecule has 0 saturated heterocycles. The van der Waals surface area contributed by atoms with Gasteiger partial charge >= 0.3 is 0 Å². The molecule has 1 unspecified atom stereocenters. The highest BCUT2D eigenvalue weighted by Crippen LogP contribution is 2.16. The molecule has 0 N–H and O–H groups in total. The predicted molar refractivity (Wildman–Crippen MR) is 48.7 cm³/mol. The maximum absolute atomic E-state index is 10.9. The van der Waals surface area contributed by atoms with Gasteiger partial charge in [0.25, 0.3) is 10.1 Å². The van der Waals surface area contributed by atoms with Crippen molar-refractivity contribution in [3.05, 3.63) is 25.2 Å². The SMILES string of the molecule is C=CN1C=CN(C)C1OS(C)(=O)=O. The molecule has 1 heterocycles. The van der Waals surface area contributed by atoms with Gasteiger partial charge in [-0.15, -0.1) is 0 Å². The van der Waals surface area contributed by atoms with Crippen molar-refractivity contribution in [2.75, 3.05) is 13.3 Å². The largest absolute Gasteiger partial charge is 0.336 e. The number of nitrogens with zero attached hydrogens (tertiary/aromatic N) is 2. The lowest BCUT2D eigenvalue weighted by molar-refractivity contribution is 0.0167. The molecule has 0 bridgehead atoms. The van der Waals surface area contributed by atoms with E-state index in [0.717, 1.165) is 6.26 Å². The summed E-state index contributed by atoms with van der Waals surface area (Å²) in [5, 5.41) is 0. The van der Waals surface area contributed by atoms with Crippen molar-refractivity contribution in [3.8, 4) is 0 Å². The van der Waals surface area contributed by atoms with Gasteiger partial charge in [-0.1, -0.05) is 6.58 Å².